The number of halogens is 1. The Bertz CT molecular complexity index is 770. The van der Waals surface area contributed by atoms with Gasteiger partial charge in [-0.3, -0.25) is 9.89 Å². The fraction of sp³-hybridized carbons (Fsp3) is 0.500. The van der Waals surface area contributed by atoms with Crippen molar-refractivity contribution in [3.8, 4) is 5.69 Å². The van der Waals surface area contributed by atoms with E-state index in [9.17, 15) is 0 Å². The van der Waals surface area contributed by atoms with Crippen LogP contribution in [0.5, 0.6) is 0 Å². The summed E-state index contributed by atoms with van der Waals surface area (Å²) in [4.78, 5) is 6.74. The van der Waals surface area contributed by atoms with Gasteiger partial charge < -0.3 is 15.4 Å². The summed E-state index contributed by atoms with van der Waals surface area (Å²) in [6, 6.07) is 10.4. The normalized spacial score (nSPS) is 15.2. The third-order valence-electron chi connectivity index (χ3n) is 4.72. The van der Waals surface area contributed by atoms with Crippen LogP contribution in [0.4, 0.5) is 0 Å². The molecule has 7 nitrogen and oxygen atoms in total. The molecule has 28 heavy (non-hydrogen) atoms. The number of guanidine groups is 1. The van der Waals surface area contributed by atoms with E-state index in [1.54, 1.807) is 7.05 Å². The van der Waals surface area contributed by atoms with E-state index in [0.717, 1.165) is 62.4 Å². The molecule has 0 aliphatic carbocycles. The lowest BCUT2D eigenvalue weighted by molar-refractivity contribution is 0.0389. The first-order valence-electron chi connectivity index (χ1n) is 9.53. The summed E-state index contributed by atoms with van der Waals surface area (Å²) >= 11 is 0. The highest BCUT2D eigenvalue weighted by Gasteiger charge is 2.11. The van der Waals surface area contributed by atoms with Gasteiger partial charge in [-0.1, -0.05) is 18.2 Å². The molecule has 1 aromatic carbocycles. The van der Waals surface area contributed by atoms with Gasteiger partial charge in [-0.15, -0.1) is 24.0 Å². The van der Waals surface area contributed by atoms with E-state index in [-0.39, 0.29) is 24.0 Å². The van der Waals surface area contributed by atoms with Gasteiger partial charge >= 0.3 is 0 Å². The third-order valence-corrected chi connectivity index (χ3v) is 4.72. The Morgan fingerprint density at radius 3 is 2.61 bits per heavy atom. The van der Waals surface area contributed by atoms with Crippen LogP contribution in [-0.2, 0) is 11.3 Å². The quantitative estimate of drug-likeness (QED) is 0.363. The molecule has 1 saturated heterocycles. The predicted molar refractivity (Wildman–Crippen MR) is 124 cm³/mol. The summed E-state index contributed by atoms with van der Waals surface area (Å²) in [7, 11) is 1.80. The summed E-state index contributed by atoms with van der Waals surface area (Å²) in [5.74, 6) is 0.812. The number of para-hydroxylation sites is 1. The fourth-order valence-electron chi connectivity index (χ4n) is 3.30. The van der Waals surface area contributed by atoms with Crippen molar-refractivity contribution in [2.24, 2.45) is 4.99 Å². The lowest BCUT2D eigenvalue weighted by Crippen LogP contribution is -2.44. The maximum Gasteiger partial charge on any atom is 0.191 e. The van der Waals surface area contributed by atoms with Crippen molar-refractivity contribution >= 4 is 29.9 Å². The highest BCUT2D eigenvalue weighted by atomic mass is 127. The van der Waals surface area contributed by atoms with Gasteiger partial charge in [0.15, 0.2) is 5.96 Å². The number of nitrogens with zero attached hydrogens (tertiary/aromatic N) is 4. The molecule has 0 amide bonds. The number of aryl methyl sites for hydroxylation is 2. The lowest BCUT2D eigenvalue weighted by atomic mass is 10.1. The topological polar surface area (TPSA) is 66.7 Å². The van der Waals surface area contributed by atoms with Crippen molar-refractivity contribution in [2.45, 2.75) is 20.4 Å². The van der Waals surface area contributed by atoms with E-state index in [1.807, 2.05) is 17.7 Å². The maximum absolute atomic E-state index is 5.39. The molecule has 2 aromatic rings. The molecule has 0 saturated carbocycles. The minimum atomic E-state index is 0. The van der Waals surface area contributed by atoms with Gasteiger partial charge in [0.1, 0.15) is 0 Å². The van der Waals surface area contributed by atoms with Crippen molar-refractivity contribution in [1.29, 1.82) is 0 Å². The first kappa shape index (κ1) is 22.6. The second-order valence-electron chi connectivity index (χ2n) is 6.77. The summed E-state index contributed by atoms with van der Waals surface area (Å²) in [5, 5.41) is 11.4. The van der Waals surface area contributed by atoms with Crippen molar-refractivity contribution < 1.29 is 4.74 Å². The van der Waals surface area contributed by atoms with Gasteiger partial charge in [-0.2, -0.15) is 5.10 Å². The predicted octanol–water partition coefficient (Wildman–Crippen LogP) is 2.10. The monoisotopic (exact) mass is 498 g/mol. The number of hydrogen-bond acceptors (Lipinski definition) is 4. The Morgan fingerprint density at radius 2 is 1.93 bits per heavy atom. The van der Waals surface area contributed by atoms with Gasteiger partial charge in [0, 0.05) is 45.5 Å². The molecule has 0 spiro atoms. The minimum Gasteiger partial charge on any atom is -0.379 e. The van der Waals surface area contributed by atoms with E-state index in [4.69, 9.17) is 4.74 Å². The molecule has 8 heteroatoms. The van der Waals surface area contributed by atoms with Crippen LogP contribution in [0.2, 0.25) is 0 Å². The Hall–Kier alpha value is -1.65. The first-order chi connectivity index (χ1) is 13.2. The van der Waals surface area contributed by atoms with E-state index in [2.05, 4.69) is 56.8 Å². The second kappa shape index (κ2) is 11.4. The Labute approximate surface area is 184 Å². The van der Waals surface area contributed by atoms with Crippen LogP contribution >= 0.6 is 24.0 Å². The molecule has 0 atom stereocenters. The molecule has 1 aromatic heterocycles. The number of aromatic nitrogens is 2. The van der Waals surface area contributed by atoms with E-state index < -0.39 is 0 Å². The van der Waals surface area contributed by atoms with Crippen LogP contribution in [0.25, 0.3) is 5.69 Å². The molecule has 1 fully saturated rings. The Morgan fingerprint density at radius 1 is 1.18 bits per heavy atom. The summed E-state index contributed by atoms with van der Waals surface area (Å²) < 4.78 is 7.39. The molecular weight excluding hydrogens is 467 g/mol. The van der Waals surface area contributed by atoms with E-state index in [1.165, 1.54) is 5.56 Å². The largest absolute Gasteiger partial charge is 0.379 e. The number of morpholine rings is 1. The van der Waals surface area contributed by atoms with Crippen molar-refractivity contribution in [3.05, 3.63) is 47.3 Å². The summed E-state index contributed by atoms with van der Waals surface area (Å²) in [6.45, 7) is 10.3. The van der Waals surface area contributed by atoms with Crippen LogP contribution < -0.4 is 10.6 Å². The van der Waals surface area contributed by atoms with E-state index >= 15 is 0 Å². The lowest BCUT2D eigenvalue weighted by Gasteiger charge is -2.26. The molecule has 0 bridgehead atoms. The van der Waals surface area contributed by atoms with Crippen LogP contribution in [0, 0.1) is 13.8 Å². The number of aliphatic imine (C=N–C) groups is 1. The van der Waals surface area contributed by atoms with Gasteiger partial charge in [-0.05, 0) is 31.5 Å². The average Bonchev–Trinajstić information content (AvgIpc) is 3.03. The zero-order chi connectivity index (χ0) is 19.1. The highest BCUT2D eigenvalue weighted by Crippen LogP contribution is 2.16. The maximum atomic E-state index is 5.39. The highest BCUT2D eigenvalue weighted by molar-refractivity contribution is 14.0. The number of nitrogens with one attached hydrogen (secondary N) is 2. The first-order valence-corrected chi connectivity index (χ1v) is 9.53. The zero-order valence-electron chi connectivity index (χ0n) is 16.9. The number of ether oxygens (including phenoxy) is 1. The molecule has 2 N–H and O–H groups in total. The number of benzene rings is 1. The summed E-state index contributed by atoms with van der Waals surface area (Å²) in [5.41, 5.74) is 4.43. The van der Waals surface area contributed by atoms with Crippen molar-refractivity contribution in [2.75, 3.05) is 46.4 Å². The molecule has 0 unspecified atom stereocenters. The van der Waals surface area contributed by atoms with Gasteiger partial charge in [0.25, 0.3) is 0 Å². The van der Waals surface area contributed by atoms with Gasteiger partial charge in [0.05, 0.1) is 24.6 Å². The number of hydrogen-bond donors (Lipinski definition) is 2. The molecule has 0 radical (unpaired) electrons. The number of rotatable bonds is 6. The molecule has 1 aliphatic heterocycles. The van der Waals surface area contributed by atoms with E-state index in [0.29, 0.717) is 6.54 Å². The van der Waals surface area contributed by atoms with Crippen LogP contribution in [0.15, 0.2) is 35.3 Å². The van der Waals surface area contributed by atoms with Crippen LogP contribution in [-0.4, -0.2) is 67.1 Å². The fourth-order valence-corrected chi connectivity index (χ4v) is 3.30. The minimum absolute atomic E-state index is 0. The van der Waals surface area contributed by atoms with Crippen molar-refractivity contribution in [3.63, 3.8) is 0 Å². The molecular formula is C20H31IN6O. The smallest absolute Gasteiger partial charge is 0.191 e. The Balaban J connectivity index is 0.00000280. The molecule has 3 rings (SSSR count). The molecule has 154 valence electrons. The van der Waals surface area contributed by atoms with Crippen LogP contribution in [0.1, 0.15) is 17.0 Å². The standard InChI is InChI=1S/C20H30N6O.HI/c1-16-14-17(2)26(24-16)19-7-5-4-6-18(19)15-23-20(21-3)22-8-9-25-10-12-27-13-11-25;/h4-7,14H,8-13,15H2,1-3H3,(H2,21,22,23);1H. The SMILES string of the molecule is CN=C(NCCN1CCOCC1)NCc1ccccc1-n1nc(C)cc1C.I. The Kier molecular flexibility index (Phi) is 9.20. The van der Waals surface area contributed by atoms with Crippen molar-refractivity contribution in [1.82, 2.24) is 25.3 Å². The molecule has 2 heterocycles. The second-order valence-corrected chi connectivity index (χ2v) is 6.77. The third kappa shape index (κ3) is 6.18. The van der Waals surface area contributed by atoms with Gasteiger partial charge in [0.2, 0.25) is 0 Å². The molecule has 1 aliphatic rings. The summed E-state index contributed by atoms with van der Waals surface area (Å²) in [6.07, 6.45) is 0. The van der Waals surface area contributed by atoms with Crippen LogP contribution in [0.3, 0.4) is 0 Å². The average molecular weight is 498 g/mol. The zero-order valence-corrected chi connectivity index (χ0v) is 19.3. The van der Waals surface area contributed by atoms with Gasteiger partial charge in [-0.25, -0.2) is 4.68 Å².